The molecule has 0 radical (unpaired) electrons. The molecule has 1 atom stereocenters. The number of H-pyrrole nitrogens is 1. The summed E-state index contributed by atoms with van der Waals surface area (Å²) in [5, 5.41) is 7.21. The summed E-state index contributed by atoms with van der Waals surface area (Å²) in [5.41, 5.74) is 8.13. The van der Waals surface area contributed by atoms with Gasteiger partial charge in [0, 0.05) is 5.56 Å². The summed E-state index contributed by atoms with van der Waals surface area (Å²) >= 11 is 0. The molecular weight excluding hydrogens is 344 g/mol. The monoisotopic (exact) mass is 368 g/mol. The van der Waals surface area contributed by atoms with E-state index in [1.807, 2.05) is 56.3 Å². The number of hydrogen-bond donors (Lipinski definition) is 2. The van der Waals surface area contributed by atoms with Gasteiger partial charge in [0.05, 0.1) is 26.4 Å². The molecule has 0 spiro atoms. The number of rotatable bonds is 8. The molecule has 0 aliphatic carbocycles. The fourth-order valence-corrected chi connectivity index (χ4v) is 2.70. The predicted octanol–water partition coefficient (Wildman–Crippen LogP) is 3.33. The van der Waals surface area contributed by atoms with Gasteiger partial charge in [0.1, 0.15) is 11.6 Å². The van der Waals surface area contributed by atoms with Crippen molar-refractivity contribution >= 4 is 0 Å². The van der Waals surface area contributed by atoms with Gasteiger partial charge in [0.15, 0.2) is 17.3 Å². The van der Waals surface area contributed by atoms with E-state index < -0.39 is 6.04 Å². The van der Waals surface area contributed by atoms with Gasteiger partial charge >= 0.3 is 0 Å². The molecule has 0 aliphatic heterocycles. The van der Waals surface area contributed by atoms with Gasteiger partial charge in [-0.15, -0.1) is 0 Å². The highest BCUT2D eigenvalue weighted by molar-refractivity contribution is 5.56. The van der Waals surface area contributed by atoms with Crippen LogP contribution in [0.3, 0.4) is 0 Å². The van der Waals surface area contributed by atoms with E-state index >= 15 is 0 Å². The molecule has 0 fully saturated rings. The maximum Gasteiger partial charge on any atom is 0.181 e. The highest BCUT2D eigenvalue weighted by Crippen LogP contribution is 2.31. The Morgan fingerprint density at radius 2 is 1.70 bits per heavy atom. The van der Waals surface area contributed by atoms with Crippen molar-refractivity contribution in [2.45, 2.75) is 19.9 Å². The van der Waals surface area contributed by atoms with Crippen molar-refractivity contribution < 1.29 is 14.2 Å². The van der Waals surface area contributed by atoms with Crippen LogP contribution in [0.2, 0.25) is 0 Å². The van der Waals surface area contributed by atoms with E-state index in [2.05, 4.69) is 15.2 Å². The first-order valence-electron chi connectivity index (χ1n) is 8.88. The maximum atomic E-state index is 6.39. The molecule has 3 N–H and O–H groups in total. The van der Waals surface area contributed by atoms with Crippen molar-refractivity contribution in [3.63, 3.8) is 0 Å². The molecule has 0 saturated heterocycles. The molecule has 1 aromatic heterocycles. The number of methoxy groups -OCH3 is 1. The van der Waals surface area contributed by atoms with Gasteiger partial charge < -0.3 is 19.9 Å². The molecular formula is C20H24N4O3. The Labute approximate surface area is 158 Å². The third-order valence-electron chi connectivity index (χ3n) is 4.07. The van der Waals surface area contributed by atoms with Crippen LogP contribution >= 0.6 is 0 Å². The number of nitrogens with one attached hydrogen (secondary N) is 1. The Hall–Kier alpha value is -3.06. The van der Waals surface area contributed by atoms with Gasteiger partial charge in [0.2, 0.25) is 0 Å². The molecule has 3 rings (SSSR count). The number of hydrogen-bond acceptors (Lipinski definition) is 6. The van der Waals surface area contributed by atoms with Gasteiger partial charge in [-0.05, 0) is 55.8 Å². The lowest BCUT2D eigenvalue weighted by atomic mass is 10.1. The first-order chi connectivity index (χ1) is 13.2. The SMILES string of the molecule is CCOc1ccc(C(N)c2nc(-c3ccc(OC)cc3)n[nH]2)cc1OCC. The van der Waals surface area contributed by atoms with Crippen molar-refractivity contribution in [3.05, 3.63) is 53.9 Å². The molecule has 1 heterocycles. The molecule has 3 aromatic rings. The number of nitrogens with two attached hydrogens (primary N) is 1. The zero-order valence-corrected chi connectivity index (χ0v) is 15.7. The fourth-order valence-electron chi connectivity index (χ4n) is 2.70. The van der Waals surface area contributed by atoms with E-state index in [1.54, 1.807) is 7.11 Å². The molecule has 2 aromatic carbocycles. The van der Waals surface area contributed by atoms with Crippen molar-refractivity contribution in [1.29, 1.82) is 0 Å². The number of ether oxygens (including phenoxy) is 3. The van der Waals surface area contributed by atoms with E-state index in [0.29, 0.717) is 36.4 Å². The number of aromatic amines is 1. The lowest BCUT2D eigenvalue weighted by molar-refractivity contribution is 0.287. The first kappa shape index (κ1) is 18.7. The van der Waals surface area contributed by atoms with Gasteiger partial charge in [-0.1, -0.05) is 6.07 Å². The number of benzene rings is 2. The lowest BCUT2D eigenvalue weighted by Crippen LogP contribution is -2.14. The van der Waals surface area contributed by atoms with Crippen molar-refractivity contribution in [3.8, 4) is 28.6 Å². The Morgan fingerprint density at radius 1 is 1.00 bits per heavy atom. The molecule has 7 heteroatoms. The molecule has 27 heavy (non-hydrogen) atoms. The normalized spacial score (nSPS) is 11.9. The van der Waals surface area contributed by atoms with E-state index in [4.69, 9.17) is 19.9 Å². The van der Waals surface area contributed by atoms with E-state index in [-0.39, 0.29) is 0 Å². The van der Waals surface area contributed by atoms with Crippen LogP contribution in [-0.2, 0) is 0 Å². The second-order valence-electron chi connectivity index (χ2n) is 5.82. The lowest BCUT2D eigenvalue weighted by Gasteiger charge is -2.14. The standard InChI is InChI=1S/C20H24N4O3/c1-4-26-16-11-8-14(12-17(16)27-5-2)18(21)20-22-19(23-24-20)13-6-9-15(25-3)10-7-13/h6-12,18H,4-5,21H2,1-3H3,(H,22,23,24). The van der Waals surface area contributed by atoms with Crippen LogP contribution in [0.25, 0.3) is 11.4 Å². The quantitative estimate of drug-likeness (QED) is 0.633. The van der Waals surface area contributed by atoms with Crippen LogP contribution in [-0.4, -0.2) is 35.5 Å². The largest absolute Gasteiger partial charge is 0.497 e. The summed E-state index contributed by atoms with van der Waals surface area (Å²) in [7, 11) is 1.63. The number of aromatic nitrogens is 3. The van der Waals surface area contributed by atoms with Crippen LogP contribution in [0.4, 0.5) is 0 Å². The van der Waals surface area contributed by atoms with Crippen LogP contribution < -0.4 is 19.9 Å². The summed E-state index contributed by atoms with van der Waals surface area (Å²) in [5.74, 6) is 3.31. The summed E-state index contributed by atoms with van der Waals surface area (Å²) in [6, 6.07) is 12.7. The van der Waals surface area contributed by atoms with Crippen LogP contribution in [0.5, 0.6) is 17.2 Å². The first-order valence-corrected chi connectivity index (χ1v) is 8.88. The Bertz CT molecular complexity index is 877. The Kier molecular flexibility index (Phi) is 5.93. The van der Waals surface area contributed by atoms with Gasteiger partial charge in [-0.3, -0.25) is 5.10 Å². The molecule has 1 unspecified atom stereocenters. The molecule has 0 aliphatic rings. The maximum absolute atomic E-state index is 6.39. The van der Waals surface area contributed by atoms with Crippen LogP contribution in [0.15, 0.2) is 42.5 Å². The molecule has 142 valence electrons. The second-order valence-corrected chi connectivity index (χ2v) is 5.82. The molecule has 0 amide bonds. The van der Waals surface area contributed by atoms with Crippen molar-refractivity contribution in [2.24, 2.45) is 5.73 Å². The van der Waals surface area contributed by atoms with Gasteiger partial charge in [-0.25, -0.2) is 4.98 Å². The van der Waals surface area contributed by atoms with E-state index in [0.717, 1.165) is 16.9 Å². The third-order valence-corrected chi connectivity index (χ3v) is 4.07. The molecule has 0 bridgehead atoms. The summed E-state index contributed by atoms with van der Waals surface area (Å²) < 4.78 is 16.4. The van der Waals surface area contributed by atoms with Crippen LogP contribution in [0.1, 0.15) is 31.3 Å². The molecule has 7 nitrogen and oxygen atoms in total. The summed E-state index contributed by atoms with van der Waals surface area (Å²) in [6.07, 6.45) is 0. The number of nitrogens with zero attached hydrogens (tertiary/aromatic N) is 2. The average Bonchev–Trinajstić information content (AvgIpc) is 3.19. The molecule has 0 saturated carbocycles. The van der Waals surface area contributed by atoms with Crippen LogP contribution in [0, 0.1) is 0 Å². The summed E-state index contributed by atoms with van der Waals surface area (Å²) in [4.78, 5) is 4.54. The average molecular weight is 368 g/mol. The second kappa shape index (κ2) is 8.55. The van der Waals surface area contributed by atoms with E-state index in [9.17, 15) is 0 Å². The van der Waals surface area contributed by atoms with Crippen molar-refractivity contribution in [1.82, 2.24) is 15.2 Å². The minimum Gasteiger partial charge on any atom is -0.497 e. The minimum absolute atomic E-state index is 0.459. The smallest absolute Gasteiger partial charge is 0.181 e. The third kappa shape index (κ3) is 4.20. The predicted molar refractivity (Wildman–Crippen MR) is 103 cm³/mol. The van der Waals surface area contributed by atoms with Crippen molar-refractivity contribution in [2.75, 3.05) is 20.3 Å². The minimum atomic E-state index is -0.459. The zero-order chi connectivity index (χ0) is 19.2. The highest BCUT2D eigenvalue weighted by atomic mass is 16.5. The Balaban J connectivity index is 1.84. The van der Waals surface area contributed by atoms with E-state index in [1.165, 1.54) is 0 Å². The van der Waals surface area contributed by atoms with Gasteiger partial charge in [-0.2, -0.15) is 5.10 Å². The topological polar surface area (TPSA) is 95.3 Å². The zero-order valence-electron chi connectivity index (χ0n) is 15.7. The highest BCUT2D eigenvalue weighted by Gasteiger charge is 2.17. The fraction of sp³-hybridized carbons (Fsp3) is 0.300. The van der Waals surface area contributed by atoms with Gasteiger partial charge in [0.25, 0.3) is 0 Å². The Morgan fingerprint density at radius 3 is 2.37 bits per heavy atom. The summed E-state index contributed by atoms with van der Waals surface area (Å²) in [6.45, 7) is 4.98.